The highest BCUT2D eigenvalue weighted by Gasteiger charge is 2.07. The summed E-state index contributed by atoms with van der Waals surface area (Å²) in [5.74, 6) is -0.391. The third-order valence-electron chi connectivity index (χ3n) is 1.76. The number of benzene rings is 1. The van der Waals surface area contributed by atoms with Crippen LogP contribution in [0.1, 0.15) is 0 Å². The highest BCUT2D eigenvalue weighted by Crippen LogP contribution is 2.20. The van der Waals surface area contributed by atoms with E-state index in [9.17, 15) is 4.79 Å². The Balaban J connectivity index is 3.07. The third kappa shape index (κ3) is 0.865. The largest absolute Gasteiger partial charge is 0.419 e. The van der Waals surface area contributed by atoms with Crippen molar-refractivity contribution in [3.05, 3.63) is 33.8 Å². The Bertz CT molecular complexity index is 483. The van der Waals surface area contributed by atoms with Crippen molar-refractivity contribution in [2.24, 2.45) is 7.05 Å². The summed E-state index contributed by atoms with van der Waals surface area (Å²) in [6.45, 7) is 0. The summed E-state index contributed by atoms with van der Waals surface area (Å²) >= 11 is 5.86. The lowest BCUT2D eigenvalue weighted by Gasteiger charge is -1.92. The van der Waals surface area contributed by atoms with Crippen LogP contribution in [0.2, 0.25) is 5.02 Å². The van der Waals surface area contributed by atoms with Crippen LogP contribution in [0.5, 0.6) is 0 Å². The SMILES string of the molecule is Cn1c(=O)oc2cccc(Cl)c21. The third-order valence-corrected chi connectivity index (χ3v) is 2.06. The maximum atomic E-state index is 11.0. The molecule has 0 unspecified atom stereocenters. The second-order valence-corrected chi connectivity index (χ2v) is 2.92. The zero-order valence-electron chi connectivity index (χ0n) is 6.37. The molecule has 0 aliphatic carbocycles. The smallest absolute Gasteiger partial charge is 0.408 e. The molecule has 0 aliphatic rings. The van der Waals surface area contributed by atoms with Gasteiger partial charge in [-0.15, -0.1) is 0 Å². The Morgan fingerprint density at radius 2 is 2.25 bits per heavy atom. The number of oxazole rings is 1. The molecule has 2 rings (SSSR count). The maximum absolute atomic E-state index is 11.0. The molecule has 4 heteroatoms. The van der Waals surface area contributed by atoms with Gasteiger partial charge in [0.25, 0.3) is 0 Å². The van der Waals surface area contributed by atoms with Gasteiger partial charge in [-0.05, 0) is 12.1 Å². The van der Waals surface area contributed by atoms with Gasteiger partial charge in [0.05, 0.1) is 5.02 Å². The van der Waals surface area contributed by atoms with Gasteiger partial charge in [-0.3, -0.25) is 4.57 Å². The van der Waals surface area contributed by atoms with Crippen LogP contribution in [-0.4, -0.2) is 4.57 Å². The normalized spacial score (nSPS) is 10.8. The molecule has 0 amide bonds. The highest BCUT2D eigenvalue weighted by molar-refractivity contribution is 6.34. The maximum Gasteiger partial charge on any atom is 0.419 e. The fourth-order valence-electron chi connectivity index (χ4n) is 1.16. The number of rotatable bonds is 0. The van der Waals surface area contributed by atoms with E-state index in [1.165, 1.54) is 4.57 Å². The summed E-state index contributed by atoms with van der Waals surface area (Å²) in [4.78, 5) is 11.0. The number of para-hydroxylation sites is 1. The van der Waals surface area contributed by atoms with E-state index in [1.54, 1.807) is 25.2 Å². The van der Waals surface area contributed by atoms with Gasteiger partial charge >= 0.3 is 5.76 Å². The number of nitrogens with zero attached hydrogens (tertiary/aromatic N) is 1. The predicted octanol–water partition coefficient (Wildman–Crippen LogP) is 1.78. The van der Waals surface area contributed by atoms with E-state index in [0.29, 0.717) is 16.1 Å². The van der Waals surface area contributed by atoms with Crippen LogP contribution in [0.3, 0.4) is 0 Å². The first-order valence-electron chi connectivity index (χ1n) is 3.44. The van der Waals surface area contributed by atoms with Crippen molar-refractivity contribution >= 4 is 22.7 Å². The molecule has 0 aliphatic heterocycles. The number of fused-ring (bicyclic) bond motifs is 1. The molecule has 0 bridgehead atoms. The first-order chi connectivity index (χ1) is 5.70. The number of hydrogen-bond acceptors (Lipinski definition) is 2. The summed E-state index contributed by atoms with van der Waals surface area (Å²) in [5, 5.41) is 0.529. The van der Waals surface area contributed by atoms with Gasteiger partial charge in [-0.25, -0.2) is 4.79 Å². The van der Waals surface area contributed by atoms with Gasteiger partial charge in [0.15, 0.2) is 5.58 Å². The monoisotopic (exact) mass is 183 g/mol. The first-order valence-corrected chi connectivity index (χ1v) is 3.82. The molecule has 12 heavy (non-hydrogen) atoms. The van der Waals surface area contributed by atoms with Crippen molar-refractivity contribution in [3.63, 3.8) is 0 Å². The van der Waals surface area contributed by atoms with Gasteiger partial charge in [-0.2, -0.15) is 0 Å². The lowest BCUT2D eigenvalue weighted by Crippen LogP contribution is -2.08. The van der Waals surface area contributed by atoms with E-state index < -0.39 is 5.76 Å². The molecule has 1 heterocycles. The van der Waals surface area contributed by atoms with Crippen LogP contribution in [0.4, 0.5) is 0 Å². The molecule has 62 valence electrons. The Labute approximate surface area is 73.2 Å². The van der Waals surface area contributed by atoms with E-state index >= 15 is 0 Å². The van der Waals surface area contributed by atoms with Crippen LogP contribution in [0, 0.1) is 0 Å². The lowest BCUT2D eigenvalue weighted by atomic mass is 10.3. The lowest BCUT2D eigenvalue weighted by molar-refractivity contribution is 0.528. The van der Waals surface area contributed by atoms with Crippen molar-refractivity contribution in [1.82, 2.24) is 4.57 Å². The van der Waals surface area contributed by atoms with Crippen LogP contribution in [-0.2, 0) is 7.05 Å². The van der Waals surface area contributed by atoms with Crippen molar-refractivity contribution in [3.8, 4) is 0 Å². The molecule has 0 fully saturated rings. The quantitative estimate of drug-likeness (QED) is 0.624. The van der Waals surface area contributed by atoms with Crippen molar-refractivity contribution in [2.75, 3.05) is 0 Å². The molecule has 0 N–H and O–H groups in total. The van der Waals surface area contributed by atoms with Crippen molar-refractivity contribution < 1.29 is 4.42 Å². The molecule has 1 aromatic heterocycles. The number of halogens is 1. The van der Waals surface area contributed by atoms with Crippen LogP contribution in [0.25, 0.3) is 11.1 Å². The Morgan fingerprint density at radius 1 is 1.50 bits per heavy atom. The molecule has 0 saturated heterocycles. The van der Waals surface area contributed by atoms with Gasteiger partial charge in [-0.1, -0.05) is 17.7 Å². The van der Waals surface area contributed by atoms with E-state index in [-0.39, 0.29) is 0 Å². The summed E-state index contributed by atoms with van der Waals surface area (Å²) in [5.41, 5.74) is 1.17. The van der Waals surface area contributed by atoms with Gasteiger partial charge in [0.2, 0.25) is 0 Å². The van der Waals surface area contributed by atoms with Gasteiger partial charge < -0.3 is 4.42 Å². The minimum Gasteiger partial charge on any atom is -0.408 e. The minimum atomic E-state index is -0.391. The highest BCUT2D eigenvalue weighted by atomic mass is 35.5. The summed E-state index contributed by atoms with van der Waals surface area (Å²) in [7, 11) is 1.63. The Hall–Kier alpha value is -1.22. The van der Waals surface area contributed by atoms with Crippen molar-refractivity contribution in [1.29, 1.82) is 0 Å². The van der Waals surface area contributed by atoms with E-state index in [2.05, 4.69) is 0 Å². The average molecular weight is 184 g/mol. The average Bonchev–Trinajstić information content (AvgIpc) is 2.29. The fourth-order valence-corrected chi connectivity index (χ4v) is 1.45. The molecule has 1 aromatic carbocycles. The second-order valence-electron chi connectivity index (χ2n) is 2.51. The number of hydrogen-bond donors (Lipinski definition) is 0. The molecule has 0 spiro atoms. The van der Waals surface area contributed by atoms with Crippen LogP contribution in [0.15, 0.2) is 27.4 Å². The summed E-state index contributed by atoms with van der Waals surface area (Å²) in [6.07, 6.45) is 0. The van der Waals surface area contributed by atoms with E-state index in [1.807, 2.05) is 0 Å². The predicted molar refractivity (Wildman–Crippen MR) is 46.5 cm³/mol. The topological polar surface area (TPSA) is 35.1 Å². The molecule has 3 nitrogen and oxygen atoms in total. The molecule has 0 radical (unpaired) electrons. The van der Waals surface area contributed by atoms with E-state index in [0.717, 1.165) is 0 Å². The van der Waals surface area contributed by atoms with E-state index in [4.69, 9.17) is 16.0 Å². The number of aromatic nitrogens is 1. The second kappa shape index (κ2) is 2.38. The fraction of sp³-hybridized carbons (Fsp3) is 0.125. The van der Waals surface area contributed by atoms with Crippen molar-refractivity contribution in [2.45, 2.75) is 0 Å². The molecular formula is C8H6ClNO2. The van der Waals surface area contributed by atoms with Gasteiger partial charge in [0.1, 0.15) is 5.52 Å². The zero-order valence-corrected chi connectivity index (χ0v) is 7.13. The van der Waals surface area contributed by atoms with Crippen LogP contribution < -0.4 is 5.76 Å². The zero-order chi connectivity index (χ0) is 8.72. The molecule has 2 aromatic rings. The Morgan fingerprint density at radius 3 is 2.92 bits per heavy atom. The molecule has 0 atom stereocenters. The Kier molecular flexibility index (Phi) is 1.48. The summed E-state index contributed by atoms with van der Waals surface area (Å²) < 4.78 is 6.29. The summed E-state index contributed by atoms with van der Waals surface area (Å²) in [6, 6.07) is 5.18. The standard InChI is InChI=1S/C8H6ClNO2/c1-10-7-5(9)3-2-4-6(7)12-8(10)11/h2-4H,1H3. The molecular weight excluding hydrogens is 178 g/mol. The van der Waals surface area contributed by atoms with Gasteiger partial charge in [0, 0.05) is 7.05 Å². The first kappa shape index (κ1) is 7.43. The minimum absolute atomic E-state index is 0.391. The number of aryl methyl sites for hydroxylation is 1. The molecule has 0 saturated carbocycles. The van der Waals surface area contributed by atoms with Crippen LogP contribution >= 0.6 is 11.6 Å².